The molecule has 0 saturated heterocycles. The number of fused-ring (bicyclic) bond motifs is 1. The van der Waals surface area contributed by atoms with Gasteiger partial charge in [-0.1, -0.05) is 23.2 Å². The van der Waals surface area contributed by atoms with E-state index in [0.717, 1.165) is 35.9 Å². The van der Waals surface area contributed by atoms with Gasteiger partial charge in [0, 0.05) is 17.1 Å². The van der Waals surface area contributed by atoms with Crippen LogP contribution in [0, 0.1) is 5.82 Å². The van der Waals surface area contributed by atoms with E-state index in [0.29, 0.717) is 16.9 Å². The van der Waals surface area contributed by atoms with Crippen LogP contribution in [0.3, 0.4) is 0 Å². The molecule has 2 heterocycles. The molecule has 0 unspecified atom stereocenters. The zero-order chi connectivity index (χ0) is 24.6. The van der Waals surface area contributed by atoms with Crippen molar-refractivity contribution in [3.63, 3.8) is 0 Å². The van der Waals surface area contributed by atoms with Crippen molar-refractivity contribution in [2.45, 2.75) is 25.4 Å². The summed E-state index contributed by atoms with van der Waals surface area (Å²) in [6.07, 6.45) is -2.16. The number of nitrogens with one attached hydrogen (secondary N) is 1. The molecule has 1 aliphatic heterocycles. The minimum atomic E-state index is -4.73. The highest BCUT2D eigenvalue weighted by atomic mass is 35.5. The Morgan fingerprint density at radius 3 is 2.41 bits per heavy atom. The third-order valence-corrected chi connectivity index (χ3v) is 6.95. The predicted octanol–water partition coefficient (Wildman–Crippen LogP) is 7.45. The first-order chi connectivity index (χ1) is 16.0. The van der Waals surface area contributed by atoms with Crippen molar-refractivity contribution >= 4 is 57.7 Å². The molecule has 3 aromatic rings. The summed E-state index contributed by atoms with van der Waals surface area (Å²) in [5.41, 5.74) is -0.646. The molecule has 2 amide bonds. The van der Waals surface area contributed by atoms with Crippen molar-refractivity contribution < 1.29 is 27.2 Å². The SMILES string of the molecule is O=C(Nc1ccc(C(=O)N2CCCCc3sc(Cl)cc32)c(Cl)c1)c1ccc(C(F)(F)F)cc1F. The lowest BCUT2D eigenvalue weighted by Gasteiger charge is -2.22. The summed E-state index contributed by atoms with van der Waals surface area (Å²) >= 11 is 13.9. The summed E-state index contributed by atoms with van der Waals surface area (Å²) in [5, 5.41) is 2.45. The maximum Gasteiger partial charge on any atom is 0.416 e. The van der Waals surface area contributed by atoms with Crippen LogP contribution < -0.4 is 10.2 Å². The Morgan fingerprint density at radius 2 is 1.74 bits per heavy atom. The van der Waals surface area contributed by atoms with Crippen LogP contribution in [0.25, 0.3) is 0 Å². The molecule has 0 bridgehead atoms. The van der Waals surface area contributed by atoms with Gasteiger partial charge in [-0.15, -0.1) is 11.3 Å². The van der Waals surface area contributed by atoms with Crippen molar-refractivity contribution in [2.75, 3.05) is 16.8 Å². The number of carbonyl (C=O) groups is 2. The molecule has 11 heteroatoms. The van der Waals surface area contributed by atoms with Crippen molar-refractivity contribution in [1.82, 2.24) is 0 Å². The lowest BCUT2D eigenvalue weighted by atomic mass is 10.1. The molecule has 0 fully saturated rings. The second-order valence-electron chi connectivity index (χ2n) is 7.61. The molecule has 1 N–H and O–H groups in total. The topological polar surface area (TPSA) is 49.4 Å². The van der Waals surface area contributed by atoms with Gasteiger partial charge in [-0.3, -0.25) is 9.59 Å². The van der Waals surface area contributed by atoms with Gasteiger partial charge >= 0.3 is 6.18 Å². The molecule has 0 spiro atoms. The molecule has 1 aliphatic rings. The molecule has 0 aliphatic carbocycles. The van der Waals surface area contributed by atoms with Gasteiger partial charge in [0.05, 0.1) is 31.7 Å². The standard InChI is InChI=1S/C23H16Cl2F4N2O2S/c24-16-10-13(30-21(32)15-6-4-12(9-17(15)26)23(27,28)29)5-7-14(16)22(33)31-8-2-1-3-19-18(31)11-20(25)34-19/h4-7,9-11H,1-3,8H2,(H,30,32). The van der Waals surface area contributed by atoms with Gasteiger partial charge in [0.2, 0.25) is 0 Å². The molecule has 1 aromatic heterocycles. The van der Waals surface area contributed by atoms with E-state index in [1.807, 2.05) is 0 Å². The van der Waals surface area contributed by atoms with Crippen LogP contribution in [0.15, 0.2) is 42.5 Å². The fourth-order valence-electron chi connectivity index (χ4n) is 3.67. The molecule has 2 aromatic carbocycles. The lowest BCUT2D eigenvalue weighted by Crippen LogP contribution is -2.31. The van der Waals surface area contributed by atoms with E-state index in [9.17, 15) is 27.2 Å². The number of alkyl halides is 3. The Hall–Kier alpha value is -2.62. The van der Waals surface area contributed by atoms with Crippen LogP contribution in [0.5, 0.6) is 0 Å². The van der Waals surface area contributed by atoms with E-state index in [1.54, 1.807) is 11.0 Å². The molecule has 0 radical (unpaired) electrons. The molecular formula is C23H16Cl2F4N2O2S. The average Bonchev–Trinajstić information content (AvgIpc) is 3.01. The fourth-order valence-corrected chi connectivity index (χ4v) is 5.24. The maximum atomic E-state index is 14.1. The molecule has 34 heavy (non-hydrogen) atoms. The van der Waals surface area contributed by atoms with Gasteiger partial charge < -0.3 is 10.2 Å². The second kappa shape index (κ2) is 9.56. The van der Waals surface area contributed by atoms with Gasteiger partial charge in [-0.05, 0) is 61.7 Å². The predicted molar refractivity (Wildman–Crippen MR) is 125 cm³/mol. The highest BCUT2D eigenvalue weighted by molar-refractivity contribution is 7.16. The summed E-state index contributed by atoms with van der Waals surface area (Å²) in [4.78, 5) is 28.3. The van der Waals surface area contributed by atoms with E-state index in [4.69, 9.17) is 23.2 Å². The largest absolute Gasteiger partial charge is 0.416 e. The van der Waals surface area contributed by atoms with E-state index in [1.165, 1.54) is 29.5 Å². The molecule has 4 rings (SSSR count). The summed E-state index contributed by atoms with van der Waals surface area (Å²) in [6, 6.07) is 7.57. The molecule has 4 nitrogen and oxygen atoms in total. The number of aryl methyl sites for hydroxylation is 1. The first-order valence-electron chi connectivity index (χ1n) is 10.1. The summed E-state index contributed by atoms with van der Waals surface area (Å²) in [6.45, 7) is 0.501. The molecule has 0 atom stereocenters. The number of benzene rings is 2. The lowest BCUT2D eigenvalue weighted by molar-refractivity contribution is -0.137. The molecule has 178 valence electrons. The first kappa shape index (κ1) is 24.5. The number of amides is 2. The molecular weight excluding hydrogens is 515 g/mol. The quantitative estimate of drug-likeness (QED) is 0.357. The Bertz CT molecular complexity index is 1280. The van der Waals surface area contributed by atoms with Crippen LogP contribution in [0.4, 0.5) is 28.9 Å². The minimum absolute atomic E-state index is 0.0582. The van der Waals surface area contributed by atoms with Crippen molar-refractivity contribution in [3.8, 4) is 0 Å². The third-order valence-electron chi connectivity index (χ3n) is 5.33. The van der Waals surface area contributed by atoms with Crippen LogP contribution >= 0.6 is 34.5 Å². The van der Waals surface area contributed by atoms with Crippen LogP contribution in [-0.2, 0) is 12.6 Å². The monoisotopic (exact) mass is 530 g/mol. The zero-order valence-corrected chi connectivity index (χ0v) is 19.6. The normalized spacial score (nSPS) is 13.9. The maximum absolute atomic E-state index is 14.1. The van der Waals surface area contributed by atoms with Gasteiger partial charge in [0.15, 0.2) is 0 Å². The van der Waals surface area contributed by atoms with Crippen LogP contribution in [0.1, 0.15) is 44.0 Å². The zero-order valence-electron chi connectivity index (χ0n) is 17.3. The van der Waals surface area contributed by atoms with Gasteiger partial charge in [-0.25, -0.2) is 4.39 Å². The second-order valence-corrected chi connectivity index (χ2v) is 9.79. The fraction of sp³-hybridized carbons (Fsp3) is 0.217. The number of nitrogens with zero attached hydrogens (tertiary/aromatic N) is 1. The van der Waals surface area contributed by atoms with Crippen LogP contribution in [0.2, 0.25) is 9.36 Å². The minimum Gasteiger partial charge on any atom is -0.322 e. The number of thiophene rings is 1. The first-order valence-corrected chi connectivity index (χ1v) is 11.7. The third kappa shape index (κ3) is 5.06. The number of hydrogen-bond donors (Lipinski definition) is 1. The molecule has 0 saturated carbocycles. The van der Waals surface area contributed by atoms with Crippen LogP contribution in [-0.4, -0.2) is 18.4 Å². The van der Waals surface area contributed by atoms with E-state index < -0.39 is 29.0 Å². The van der Waals surface area contributed by atoms with Gasteiger partial charge in [-0.2, -0.15) is 13.2 Å². The summed E-state index contributed by atoms with van der Waals surface area (Å²) < 4.78 is 52.8. The number of anilines is 2. The van der Waals surface area contributed by atoms with E-state index >= 15 is 0 Å². The summed E-state index contributed by atoms with van der Waals surface area (Å²) in [5.74, 6) is -2.59. The number of carbonyl (C=O) groups excluding carboxylic acids is 2. The van der Waals surface area contributed by atoms with E-state index in [-0.39, 0.29) is 28.2 Å². The van der Waals surface area contributed by atoms with Gasteiger partial charge in [0.25, 0.3) is 11.8 Å². The smallest absolute Gasteiger partial charge is 0.322 e. The Kier molecular flexibility index (Phi) is 6.89. The van der Waals surface area contributed by atoms with E-state index in [2.05, 4.69) is 5.32 Å². The highest BCUT2D eigenvalue weighted by Crippen LogP contribution is 2.38. The highest BCUT2D eigenvalue weighted by Gasteiger charge is 2.32. The van der Waals surface area contributed by atoms with Crippen molar-refractivity contribution in [3.05, 3.63) is 79.2 Å². The van der Waals surface area contributed by atoms with Crippen molar-refractivity contribution in [2.24, 2.45) is 0 Å². The number of hydrogen-bond acceptors (Lipinski definition) is 3. The Labute approximate surface area is 206 Å². The Balaban J connectivity index is 1.54. The average molecular weight is 531 g/mol. The van der Waals surface area contributed by atoms with Crippen molar-refractivity contribution in [1.29, 1.82) is 0 Å². The Morgan fingerprint density at radius 1 is 1.00 bits per heavy atom. The summed E-state index contributed by atoms with van der Waals surface area (Å²) in [7, 11) is 0. The number of halogens is 6. The van der Waals surface area contributed by atoms with Gasteiger partial charge in [0.1, 0.15) is 5.82 Å². The number of rotatable bonds is 3.